The van der Waals surface area contributed by atoms with Gasteiger partial charge in [0, 0.05) is 12.6 Å². The van der Waals surface area contributed by atoms with Gasteiger partial charge in [0.05, 0.1) is 17.7 Å². The summed E-state index contributed by atoms with van der Waals surface area (Å²) in [5.74, 6) is 0.492. The summed E-state index contributed by atoms with van der Waals surface area (Å²) in [6.45, 7) is 5.58. The lowest BCUT2D eigenvalue weighted by molar-refractivity contribution is -0.114. The van der Waals surface area contributed by atoms with Crippen LogP contribution >= 0.6 is 0 Å². The second-order valence-electron chi connectivity index (χ2n) is 6.08. The minimum atomic E-state index is -3.79. The van der Waals surface area contributed by atoms with E-state index < -0.39 is 10.0 Å². The highest BCUT2D eigenvalue weighted by Gasteiger charge is 2.17. The lowest BCUT2D eigenvalue weighted by Gasteiger charge is -2.14. The molecule has 0 aliphatic heterocycles. The molecule has 0 unspecified atom stereocenters. The van der Waals surface area contributed by atoms with E-state index in [1.165, 1.54) is 32.2 Å². The molecule has 2 aromatic carbocycles. The zero-order valence-corrected chi connectivity index (χ0v) is 16.2. The van der Waals surface area contributed by atoms with Crippen molar-refractivity contribution in [1.29, 1.82) is 0 Å². The molecule has 7 heteroatoms. The number of carbonyl (C=O) groups is 1. The van der Waals surface area contributed by atoms with Gasteiger partial charge in [-0.2, -0.15) is 0 Å². The normalized spacial score (nSPS) is 12.3. The van der Waals surface area contributed by atoms with E-state index in [2.05, 4.69) is 23.9 Å². The molecule has 0 fully saturated rings. The Morgan fingerprint density at radius 1 is 1.15 bits per heavy atom. The maximum absolute atomic E-state index is 12.6. The summed E-state index contributed by atoms with van der Waals surface area (Å²) in [6.07, 6.45) is 1.02. The molecule has 0 aromatic heterocycles. The fraction of sp³-hybridized carbons (Fsp3) is 0.316. The van der Waals surface area contributed by atoms with Gasteiger partial charge in [0.15, 0.2) is 0 Å². The molecule has 0 saturated carbocycles. The van der Waals surface area contributed by atoms with Gasteiger partial charge in [-0.1, -0.05) is 26.0 Å². The summed E-state index contributed by atoms with van der Waals surface area (Å²) in [7, 11) is -2.34. The number of hydrogen-bond acceptors (Lipinski definition) is 4. The maximum Gasteiger partial charge on any atom is 0.261 e. The minimum absolute atomic E-state index is 0.0352. The van der Waals surface area contributed by atoms with Crippen molar-refractivity contribution < 1.29 is 17.9 Å². The molecule has 0 aliphatic carbocycles. The molecule has 0 saturated heterocycles. The van der Waals surface area contributed by atoms with Crippen molar-refractivity contribution in [1.82, 2.24) is 0 Å². The first kappa shape index (κ1) is 19.8. The molecule has 1 amide bonds. The predicted octanol–water partition coefficient (Wildman–Crippen LogP) is 3.97. The Morgan fingerprint density at radius 2 is 1.81 bits per heavy atom. The zero-order chi connectivity index (χ0) is 19.3. The van der Waals surface area contributed by atoms with E-state index in [1.54, 1.807) is 12.1 Å². The van der Waals surface area contributed by atoms with E-state index in [1.807, 2.05) is 12.1 Å². The molecule has 140 valence electrons. The molecule has 0 radical (unpaired) electrons. The van der Waals surface area contributed by atoms with Crippen molar-refractivity contribution in [3.8, 4) is 5.75 Å². The van der Waals surface area contributed by atoms with Crippen LogP contribution in [0.25, 0.3) is 0 Å². The number of sulfonamides is 1. The van der Waals surface area contributed by atoms with Gasteiger partial charge in [0.25, 0.3) is 10.0 Å². The first-order valence-corrected chi connectivity index (χ1v) is 9.83. The molecule has 1 atom stereocenters. The topological polar surface area (TPSA) is 84.5 Å². The largest absolute Gasteiger partial charge is 0.495 e. The molecule has 26 heavy (non-hydrogen) atoms. The van der Waals surface area contributed by atoms with Gasteiger partial charge in [0.2, 0.25) is 5.91 Å². The fourth-order valence-electron chi connectivity index (χ4n) is 2.47. The van der Waals surface area contributed by atoms with Crippen LogP contribution < -0.4 is 14.8 Å². The highest BCUT2D eigenvalue weighted by atomic mass is 32.2. The van der Waals surface area contributed by atoms with Gasteiger partial charge in [0.1, 0.15) is 5.75 Å². The molecular formula is C19H24N2O4S. The Morgan fingerprint density at radius 3 is 2.35 bits per heavy atom. The van der Waals surface area contributed by atoms with Gasteiger partial charge < -0.3 is 10.1 Å². The first-order chi connectivity index (χ1) is 12.3. The van der Waals surface area contributed by atoms with Gasteiger partial charge in [-0.3, -0.25) is 9.52 Å². The smallest absolute Gasteiger partial charge is 0.261 e. The highest BCUT2D eigenvalue weighted by Crippen LogP contribution is 2.29. The number of nitrogens with one attached hydrogen (secondary N) is 2. The lowest BCUT2D eigenvalue weighted by Crippen LogP contribution is -2.14. The summed E-state index contributed by atoms with van der Waals surface area (Å²) in [4.78, 5) is 11.3. The quantitative estimate of drug-likeness (QED) is 0.766. The number of carbonyl (C=O) groups excluding carboxylic acids is 1. The van der Waals surface area contributed by atoms with E-state index in [9.17, 15) is 13.2 Å². The van der Waals surface area contributed by atoms with E-state index in [0.29, 0.717) is 23.0 Å². The summed E-state index contributed by atoms with van der Waals surface area (Å²) in [5.41, 5.74) is 1.94. The number of anilines is 2. The molecular weight excluding hydrogens is 352 g/mol. The van der Waals surface area contributed by atoms with Gasteiger partial charge in [-0.25, -0.2) is 8.42 Å². The van der Waals surface area contributed by atoms with Gasteiger partial charge in [-0.05, 0) is 48.2 Å². The lowest BCUT2D eigenvalue weighted by atomic mass is 9.99. The van der Waals surface area contributed by atoms with Gasteiger partial charge in [-0.15, -0.1) is 0 Å². The molecule has 2 N–H and O–H groups in total. The first-order valence-electron chi connectivity index (χ1n) is 8.35. The van der Waals surface area contributed by atoms with Crippen LogP contribution in [0.15, 0.2) is 47.4 Å². The average Bonchev–Trinajstić information content (AvgIpc) is 2.60. The molecule has 0 aliphatic rings. The Balaban J connectivity index is 2.28. The third kappa shape index (κ3) is 4.76. The molecule has 0 spiro atoms. The van der Waals surface area contributed by atoms with Crippen molar-refractivity contribution in [2.45, 2.75) is 38.0 Å². The van der Waals surface area contributed by atoms with Crippen LogP contribution in [0.2, 0.25) is 0 Å². The molecule has 0 heterocycles. The standard InChI is InChI=1S/C19H24N2O4S/c1-5-13(2)15-6-8-16(9-7-15)21-26(23,24)17-10-11-19(25-4)18(12-17)20-14(3)22/h6-13,21H,5H2,1-4H3,(H,20,22)/t13-/m0/s1. The number of ether oxygens (including phenoxy) is 1. The van der Waals surface area contributed by atoms with Crippen LogP contribution in [0.4, 0.5) is 11.4 Å². The van der Waals surface area contributed by atoms with Crippen LogP contribution in [0.5, 0.6) is 5.75 Å². The maximum atomic E-state index is 12.6. The number of amides is 1. The van der Waals surface area contributed by atoms with Crippen LogP contribution in [0, 0.1) is 0 Å². The fourth-order valence-corrected chi connectivity index (χ4v) is 3.56. The van der Waals surface area contributed by atoms with E-state index in [0.717, 1.165) is 12.0 Å². The minimum Gasteiger partial charge on any atom is -0.495 e. The SMILES string of the molecule is CC[C@H](C)c1ccc(NS(=O)(=O)c2ccc(OC)c(NC(C)=O)c2)cc1. The Bertz CT molecular complexity index is 877. The van der Waals surface area contributed by atoms with E-state index >= 15 is 0 Å². The molecule has 2 rings (SSSR count). The summed E-state index contributed by atoms with van der Waals surface area (Å²) in [6, 6.07) is 11.6. The average molecular weight is 376 g/mol. The van der Waals surface area contributed by atoms with Crippen LogP contribution in [0.1, 0.15) is 38.7 Å². The second-order valence-corrected chi connectivity index (χ2v) is 7.76. The summed E-state index contributed by atoms with van der Waals surface area (Å²) < 4.78 is 33.0. The van der Waals surface area contributed by atoms with Crippen molar-refractivity contribution in [2.75, 3.05) is 17.1 Å². The number of rotatable bonds is 7. The molecule has 2 aromatic rings. The Labute approximate surface area is 154 Å². The Hall–Kier alpha value is -2.54. The summed E-state index contributed by atoms with van der Waals surface area (Å²) >= 11 is 0. The highest BCUT2D eigenvalue weighted by molar-refractivity contribution is 7.92. The monoisotopic (exact) mass is 376 g/mol. The molecule has 6 nitrogen and oxygen atoms in total. The number of benzene rings is 2. The third-order valence-electron chi connectivity index (χ3n) is 4.14. The van der Waals surface area contributed by atoms with Crippen LogP contribution in [-0.4, -0.2) is 21.4 Å². The molecule has 0 bridgehead atoms. The van der Waals surface area contributed by atoms with Gasteiger partial charge >= 0.3 is 0 Å². The zero-order valence-electron chi connectivity index (χ0n) is 15.4. The third-order valence-corrected chi connectivity index (χ3v) is 5.52. The van der Waals surface area contributed by atoms with Crippen molar-refractivity contribution in [2.24, 2.45) is 0 Å². The number of methoxy groups -OCH3 is 1. The second kappa shape index (κ2) is 8.23. The number of hydrogen-bond donors (Lipinski definition) is 2. The van der Waals surface area contributed by atoms with E-state index in [4.69, 9.17) is 4.74 Å². The van der Waals surface area contributed by atoms with E-state index in [-0.39, 0.29) is 10.8 Å². The van der Waals surface area contributed by atoms with Crippen molar-refractivity contribution in [3.63, 3.8) is 0 Å². The summed E-state index contributed by atoms with van der Waals surface area (Å²) in [5, 5.41) is 2.57. The Kier molecular flexibility index (Phi) is 6.26. The van der Waals surface area contributed by atoms with Crippen LogP contribution in [-0.2, 0) is 14.8 Å². The van der Waals surface area contributed by atoms with Crippen LogP contribution in [0.3, 0.4) is 0 Å². The predicted molar refractivity (Wildman–Crippen MR) is 103 cm³/mol. The van der Waals surface area contributed by atoms with Crippen molar-refractivity contribution in [3.05, 3.63) is 48.0 Å². The van der Waals surface area contributed by atoms with Crippen molar-refractivity contribution >= 4 is 27.3 Å².